The topological polar surface area (TPSA) is 78.5 Å². The van der Waals surface area contributed by atoms with E-state index < -0.39 is 12.7 Å². The molecule has 1 unspecified atom stereocenters. The Morgan fingerprint density at radius 1 is 1.40 bits per heavy atom. The lowest BCUT2D eigenvalue weighted by atomic mass is 9.72. The highest BCUT2D eigenvalue weighted by molar-refractivity contribution is 6.46. The fourth-order valence-electron chi connectivity index (χ4n) is 0.671. The molecule has 1 aliphatic heterocycles. The standard InChI is InChI=1S/C5H9BN2O2/c7-5(6(9)10)3-1-2-4-8-5/h1-4,8-10H,7H2. The average Bonchev–Trinajstić information content (AvgIpc) is 1.89. The van der Waals surface area contributed by atoms with Crippen LogP contribution in [0.5, 0.6) is 0 Å². The Morgan fingerprint density at radius 2 is 2.10 bits per heavy atom. The van der Waals surface area contributed by atoms with E-state index in [1.165, 1.54) is 6.08 Å². The van der Waals surface area contributed by atoms with Gasteiger partial charge in [0.15, 0.2) is 0 Å². The van der Waals surface area contributed by atoms with Crippen molar-refractivity contribution in [1.82, 2.24) is 5.32 Å². The fraction of sp³-hybridized carbons (Fsp3) is 0.200. The van der Waals surface area contributed by atoms with Gasteiger partial charge in [0.2, 0.25) is 0 Å². The molecule has 1 heterocycles. The van der Waals surface area contributed by atoms with Crippen molar-refractivity contribution < 1.29 is 10.0 Å². The third kappa shape index (κ3) is 1.21. The van der Waals surface area contributed by atoms with Gasteiger partial charge in [-0.25, -0.2) is 0 Å². The number of dihydropyridines is 1. The number of hydrogen-bond acceptors (Lipinski definition) is 4. The van der Waals surface area contributed by atoms with Crippen molar-refractivity contribution in [3.63, 3.8) is 0 Å². The molecule has 0 saturated carbocycles. The molecule has 4 nitrogen and oxygen atoms in total. The van der Waals surface area contributed by atoms with E-state index >= 15 is 0 Å². The molecule has 0 saturated heterocycles. The van der Waals surface area contributed by atoms with E-state index in [0.717, 1.165) is 0 Å². The van der Waals surface area contributed by atoms with Crippen LogP contribution in [-0.2, 0) is 0 Å². The Labute approximate surface area is 59.2 Å². The summed E-state index contributed by atoms with van der Waals surface area (Å²) in [4.78, 5) is 0. The first-order valence-corrected chi connectivity index (χ1v) is 2.92. The van der Waals surface area contributed by atoms with Crippen LogP contribution in [0.25, 0.3) is 0 Å². The summed E-state index contributed by atoms with van der Waals surface area (Å²) in [6, 6.07) is 0. The van der Waals surface area contributed by atoms with Crippen molar-refractivity contribution in [3.8, 4) is 0 Å². The second-order valence-corrected chi connectivity index (χ2v) is 2.17. The maximum absolute atomic E-state index is 8.72. The lowest BCUT2D eigenvalue weighted by molar-refractivity contribution is 0.351. The molecule has 54 valence electrons. The van der Waals surface area contributed by atoms with Crippen LogP contribution in [-0.4, -0.2) is 22.7 Å². The van der Waals surface area contributed by atoms with Gasteiger partial charge in [0.05, 0.1) is 0 Å². The van der Waals surface area contributed by atoms with Gasteiger partial charge in [-0.15, -0.1) is 0 Å². The van der Waals surface area contributed by atoms with E-state index in [0.29, 0.717) is 0 Å². The van der Waals surface area contributed by atoms with E-state index in [4.69, 9.17) is 15.8 Å². The minimum Gasteiger partial charge on any atom is -0.424 e. The molecule has 0 radical (unpaired) electrons. The minimum atomic E-state index is -1.59. The van der Waals surface area contributed by atoms with Crippen LogP contribution >= 0.6 is 0 Å². The Kier molecular flexibility index (Phi) is 1.80. The molecule has 0 aromatic heterocycles. The van der Waals surface area contributed by atoms with Gasteiger partial charge in [-0.1, -0.05) is 6.08 Å². The predicted octanol–water partition coefficient (Wildman–Crippen LogP) is -1.67. The van der Waals surface area contributed by atoms with E-state index in [2.05, 4.69) is 5.32 Å². The van der Waals surface area contributed by atoms with Crippen molar-refractivity contribution in [2.24, 2.45) is 5.73 Å². The Bertz CT molecular complexity index is 180. The van der Waals surface area contributed by atoms with Crippen LogP contribution in [0.4, 0.5) is 0 Å². The molecule has 0 spiro atoms. The largest absolute Gasteiger partial charge is 0.498 e. The molecule has 0 aromatic carbocycles. The number of rotatable bonds is 1. The number of hydrogen-bond donors (Lipinski definition) is 4. The fourth-order valence-corrected chi connectivity index (χ4v) is 0.671. The molecule has 5 N–H and O–H groups in total. The molecule has 0 amide bonds. The summed E-state index contributed by atoms with van der Waals surface area (Å²) in [6.07, 6.45) is 6.40. The van der Waals surface area contributed by atoms with Gasteiger partial charge in [-0.2, -0.15) is 0 Å². The van der Waals surface area contributed by atoms with Crippen LogP contribution in [0.3, 0.4) is 0 Å². The van der Waals surface area contributed by atoms with E-state index in [9.17, 15) is 0 Å². The predicted molar refractivity (Wildman–Crippen MR) is 38.5 cm³/mol. The first-order chi connectivity index (χ1) is 4.65. The van der Waals surface area contributed by atoms with E-state index in [1.54, 1.807) is 18.4 Å². The molecule has 0 aromatic rings. The van der Waals surface area contributed by atoms with Crippen LogP contribution in [0, 0.1) is 0 Å². The van der Waals surface area contributed by atoms with Crippen molar-refractivity contribution in [2.45, 2.75) is 5.56 Å². The molecule has 0 bridgehead atoms. The number of nitrogens with two attached hydrogens (primary N) is 1. The maximum Gasteiger partial charge on any atom is 0.498 e. The first kappa shape index (κ1) is 7.33. The lowest BCUT2D eigenvalue weighted by Crippen LogP contribution is -2.62. The third-order valence-electron chi connectivity index (χ3n) is 1.34. The average molecular weight is 140 g/mol. The lowest BCUT2D eigenvalue weighted by Gasteiger charge is -2.26. The maximum atomic E-state index is 8.72. The van der Waals surface area contributed by atoms with Gasteiger partial charge in [0.25, 0.3) is 0 Å². The molecule has 1 atom stereocenters. The summed E-state index contributed by atoms with van der Waals surface area (Å²) in [7, 11) is -1.59. The SMILES string of the molecule is NC1(B(O)O)C=CC=CN1. The quantitative estimate of drug-likeness (QED) is 0.328. The molecule has 0 fully saturated rings. The van der Waals surface area contributed by atoms with Gasteiger partial charge in [-0.3, -0.25) is 0 Å². The summed E-state index contributed by atoms with van der Waals surface area (Å²) >= 11 is 0. The number of nitrogens with one attached hydrogen (secondary N) is 1. The minimum absolute atomic E-state index is 1.23. The van der Waals surface area contributed by atoms with Gasteiger partial charge in [0.1, 0.15) is 5.56 Å². The van der Waals surface area contributed by atoms with Crippen molar-refractivity contribution >= 4 is 7.12 Å². The molecule has 0 aliphatic carbocycles. The zero-order chi connectivity index (χ0) is 7.61. The van der Waals surface area contributed by atoms with Crippen LogP contribution in [0.15, 0.2) is 24.4 Å². The highest BCUT2D eigenvalue weighted by Crippen LogP contribution is 2.03. The molecule has 5 heteroatoms. The third-order valence-corrected chi connectivity index (χ3v) is 1.34. The van der Waals surface area contributed by atoms with Crippen LogP contribution in [0.2, 0.25) is 0 Å². The Hall–Kier alpha value is -0.775. The number of allylic oxidation sites excluding steroid dienone is 2. The van der Waals surface area contributed by atoms with Crippen molar-refractivity contribution in [2.75, 3.05) is 0 Å². The van der Waals surface area contributed by atoms with Crippen molar-refractivity contribution in [3.05, 3.63) is 24.4 Å². The summed E-state index contributed by atoms with van der Waals surface area (Å²) in [5.41, 5.74) is 4.23. The van der Waals surface area contributed by atoms with E-state index in [-0.39, 0.29) is 0 Å². The Balaban J connectivity index is 2.70. The molecule has 10 heavy (non-hydrogen) atoms. The zero-order valence-corrected chi connectivity index (χ0v) is 5.36. The summed E-state index contributed by atoms with van der Waals surface area (Å²) in [5.74, 6) is 0. The summed E-state index contributed by atoms with van der Waals surface area (Å²) < 4.78 is 0. The van der Waals surface area contributed by atoms with Crippen LogP contribution < -0.4 is 11.1 Å². The van der Waals surface area contributed by atoms with Crippen molar-refractivity contribution in [1.29, 1.82) is 0 Å². The van der Waals surface area contributed by atoms with Gasteiger partial charge in [-0.05, 0) is 18.4 Å². The van der Waals surface area contributed by atoms with Gasteiger partial charge in [0, 0.05) is 0 Å². The second kappa shape index (κ2) is 2.45. The van der Waals surface area contributed by atoms with Gasteiger partial charge >= 0.3 is 7.12 Å². The molecular formula is C5H9BN2O2. The highest BCUT2D eigenvalue weighted by atomic mass is 16.4. The summed E-state index contributed by atoms with van der Waals surface area (Å²) in [5, 5.41) is 20.0. The first-order valence-electron chi connectivity index (χ1n) is 2.92. The second-order valence-electron chi connectivity index (χ2n) is 2.17. The molecule has 1 rings (SSSR count). The zero-order valence-electron chi connectivity index (χ0n) is 5.36. The monoisotopic (exact) mass is 140 g/mol. The highest BCUT2D eigenvalue weighted by Gasteiger charge is 2.35. The smallest absolute Gasteiger partial charge is 0.424 e. The normalized spacial score (nSPS) is 29.9. The Morgan fingerprint density at radius 3 is 2.40 bits per heavy atom. The molecule has 1 aliphatic rings. The van der Waals surface area contributed by atoms with Gasteiger partial charge < -0.3 is 21.1 Å². The molecular weight excluding hydrogens is 131 g/mol. The van der Waals surface area contributed by atoms with Crippen LogP contribution in [0.1, 0.15) is 0 Å². The van der Waals surface area contributed by atoms with E-state index in [1.807, 2.05) is 0 Å². The summed E-state index contributed by atoms with van der Waals surface area (Å²) in [6.45, 7) is 0.